The minimum atomic E-state index is -0.252. The van der Waals surface area contributed by atoms with E-state index >= 15 is 0 Å². The Kier molecular flexibility index (Phi) is 3.72. The first-order valence-corrected chi connectivity index (χ1v) is 9.72. The van der Waals surface area contributed by atoms with Crippen molar-refractivity contribution < 1.29 is 4.79 Å². The average molecular weight is 349 g/mol. The molecule has 7 heteroatoms. The number of amides is 1. The topological polar surface area (TPSA) is 64.0 Å². The Bertz CT molecular complexity index is 851. The van der Waals surface area contributed by atoms with Crippen molar-refractivity contribution >= 4 is 39.2 Å². The minimum absolute atomic E-state index is 0.0201. The number of thioether (sulfide) groups is 1. The fourth-order valence-corrected chi connectivity index (χ4v) is 5.15. The largest absolute Gasteiger partial charge is 0.352 e. The maximum Gasteiger partial charge on any atom is 0.262 e. The first-order chi connectivity index (χ1) is 11.0. The minimum Gasteiger partial charge on any atom is -0.352 e. The molecule has 1 saturated carbocycles. The number of hydrogen-bond donors (Lipinski definition) is 1. The van der Waals surface area contributed by atoms with E-state index in [1.165, 1.54) is 22.2 Å². The van der Waals surface area contributed by atoms with Crippen molar-refractivity contribution in [3.05, 3.63) is 20.8 Å². The highest BCUT2D eigenvalue weighted by molar-refractivity contribution is 8.00. The highest BCUT2D eigenvalue weighted by Gasteiger charge is 2.27. The van der Waals surface area contributed by atoms with Crippen molar-refractivity contribution in [3.63, 3.8) is 0 Å². The smallest absolute Gasteiger partial charge is 0.262 e. The van der Waals surface area contributed by atoms with Gasteiger partial charge in [-0.05, 0) is 44.6 Å². The summed E-state index contributed by atoms with van der Waals surface area (Å²) in [4.78, 5) is 31.7. The highest BCUT2D eigenvalue weighted by Crippen LogP contribution is 2.35. The van der Waals surface area contributed by atoms with E-state index in [1.807, 2.05) is 6.92 Å². The fourth-order valence-electron chi connectivity index (χ4n) is 2.97. The van der Waals surface area contributed by atoms with Crippen LogP contribution in [0.25, 0.3) is 10.2 Å². The van der Waals surface area contributed by atoms with Gasteiger partial charge in [-0.3, -0.25) is 14.2 Å². The van der Waals surface area contributed by atoms with Crippen LogP contribution in [0.5, 0.6) is 0 Å². The van der Waals surface area contributed by atoms with Gasteiger partial charge >= 0.3 is 0 Å². The van der Waals surface area contributed by atoms with Gasteiger partial charge in [-0.15, -0.1) is 11.3 Å². The molecule has 23 heavy (non-hydrogen) atoms. The number of hydrogen-bond acceptors (Lipinski definition) is 5. The maximum absolute atomic E-state index is 12.7. The van der Waals surface area contributed by atoms with Gasteiger partial charge in [0.25, 0.3) is 5.56 Å². The molecule has 1 fully saturated rings. The van der Waals surface area contributed by atoms with Crippen molar-refractivity contribution in [2.75, 3.05) is 0 Å². The van der Waals surface area contributed by atoms with Crippen molar-refractivity contribution in [1.29, 1.82) is 0 Å². The summed E-state index contributed by atoms with van der Waals surface area (Å²) in [5, 5.41) is 4.17. The number of aryl methyl sites for hydroxylation is 2. The molecule has 0 aliphatic heterocycles. The number of carbonyl (C=O) groups excluding carboxylic acids is 1. The summed E-state index contributed by atoms with van der Waals surface area (Å²) in [6.45, 7) is 1.87. The molecule has 2 aliphatic carbocycles. The molecular weight excluding hydrogens is 330 g/mol. The molecule has 0 aromatic carbocycles. The van der Waals surface area contributed by atoms with Gasteiger partial charge in [0.1, 0.15) is 4.83 Å². The molecule has 2 aromatic rings. The molecule has 0 spiro atoms. The van der Waals surface area contributed by atoms with Crippen molar-refractivity contribution in [2.45, 2.75) is 55.5 Å². The van der Waals surface area contributed by atoms with E-state index in [0.29, 0.717) is 11.2 Å². The Morgan fingerprint density at radius 2 is 2.22 bits per heavy atom. The molecule has 122 valence electrons. The van der Waals surface area contributed by atoms with Crippen LogP contribution in [0.15, 0.2) is 9.95 Å². The van der Waals surface area contributed by atoms with Crippen LogP contribution in [-0.4, -0.2) is 26.8 Å². The average Bonchev–Trinajstić information content (AvgIpc) is 3.09. The van der Waals surface area contributed by atoms with E-state index in [4.69, 9.17) is 0 Å². The van der Waals surface area contributed by atoms with E-state index in [0.717, 1.165) is 42.3 Å². The second-order valence-corrected chi connectivity index (χ2v) is 8.73. The van der Waals surface area contributed by atoms with Gasteiger partial charge in [-0.25, -0.2) is 4.98 Å². The van der Waals surface area contributed by atoms with Crippen molar-refractivity contribution in [1.82, 2.24) is 14.9 Å². The van der Waals surface area contributed by atoms with Crippen molar-refractivity contribution in [3.8, 4) is 0 Å². The fraction of sp³-hybridized carbons (Fsp3) is 0.562. The third kappa shape index (κ3) is 2.70. The summed E-state index contributed by atoms with van der Waals surface area (Å²) in [6.07, 6.45) is 5.33. The van der Waals surface area contributed by atoms with E-state index < -0.39 is 0 Å². The van der Waals surface area contributed by atoms with Crippen LogP contribution in [0.4, 0.5) is 0 Å². The third-order valence-corrected chi connectivity index (χ3v) is 6.81. The summed E-state index contributed by atoms with van der Waals surface area (Å²) in [7, 11) is 1.75. The lowest BCUT2D eigenvalue weighted by Gasteiger charge is -2.13. The number of aromatic nitrogens is 2. The molecular formula is C16H19N3O2S2. The molecule has 0 radical (unpaired) electrons. The van der Waals surface area contributed by atoms with E-state index in [1.54, 1.807) is 23.0 Å². The molecule has 4 rings (SSSR count). The second-order valence-electron chi connectivity index (χ2n) is 6.34. The third-order valence-electron chi connectivity index (χ3n) is 4.48. The second kappa shape index (κ2) is 5.63. The number of carbonyl (C=O) groups is 1. The Labute approximate surface area is 142 Å². The van der Waals surface area contributed by atoms with Crippen LogP contribution < -0.4 is 10.9 Å². The number of thiophene rings is 1. The number of nitrogens with one attached hydrogen (secondary N) is 1. The monoisotopic (exact) mass is 349 g/mol. The van der Waals surface area contributed by atoms with E-state index in [-0.39, 0.29) is 16.7 Å². The Morgan fingerprint density at radius 1 is 1.43 bits per heavy atom. The molecule has 1 amide bonds. The molecule has 2 aliphatic rings. The number of fused-ring (bicyclic) bond motifs is 3. The van der Waals surface area contributed by atoms with Gasteiger partial charge in [0.15, 0.2) is 5.16 Å². The van der Waals surface area contributed by atoms with Gasteiger partial charge in [0, 0.05) is 18.0 Å². The molecule has 0 unspecified atom stereocenters. The SMILES string of the molecule is C[C@@H](Sc1nc2sc3c(c2c(=O)n1C)CCC3)C(=O)NC1CC1. The van der Waals surface area contributed by atoms with Gasteiger partial charge in [0.05, 0.1) is 10.6 Å². The molecule has 0 saturated heterocycles. The van der Waals surface area contributed by atoms with Gasteiger partial charge in [-0.1, -0.05) is 11.8 Å². The number of rotatable bonds is 4. The van der Waals surface area contributed by atoms with Crippen LogP contribution in [0.1, 0.15) is 36.6 Å². The summed E-state index contributed by atoms with van der Waals surface area (Å²) >= 11 is 3.01. The Hall–Kier alpha value is -1.34. The standard InChI is InChI=1S/C16H19N3O2S2/c1-8(13(20)17-9-6-7-9)22-16-18-14-12(15(21)19(16)2)10-4-3-5-11(10)23-14/h8-9H,3-7H2,1-2H3,(H,17,20)/t8-/m1/s1. The molecule has 1 atom stereocenters. The van der Waals surface area contributed by atoms with Crippen molar-refractivity contribution in [2.24, 2.45) is 7.05 Å². The zero-order chi connectivity index (χ0) is 16.1. The van der Waals surface area contributed by atoms with Crippen LogP contribution in [0.2, 0.25) is 0 Å². The first-order valence-electron chi connectivity index (χ1n) is 8.03. The van der Waals surface area contributed by atoms with Crippen LogP contribution in [0, 0.1) is 0 Å². The zero-order valence-electron chi connectivity index (χ0n) is 13.2. The first kappa shape index (κ1) is 15.2. The van der Waals surface area contributed by atoms with Gasteiger partial charge in [-0.2, -0.15) is 0 Å². The Morgan fingerprint density at radius 3 is 2.96 bits per heavy atom. The lowest BCUT2D eigenvalue weighted by atomic mass is 10.2. The van der Waals surface area contributed by atoms with E-state index in [9.17, 15) is 9.59 Å². The summed E-state index contributed by atoms with van der Waals surface area (Å²) in [5.74, 6) is 0.0283. The predicted octanol–water partition coefficient (Wildman–Crippen LogP) is 2.24. The summed E-state index contributed by atoms with van der Waals surface area (Å²) < 4.78 is 1.60. The van der Waals surface area contributed by atoms with Gasteiger partial charge < -0.3 is 5.32 Å². The Balaban J connectivity index is 1.66. The molecule has 2 aromatic heterocycles. The van der Waals surface area contributed by atoms with Crippen LogP contribution in [0.3, 0.4) is 0 Å². The summed E-state index contributed by atoms with van der Waals surface area (Å²) in [6, 6.07) is 0.352. The molecule has 2 heterocycles. The predicted molar refractivity (Wildman–Crippen MR) is 93.4 cm³/mol. The quantitative estimate of drug-likeness (QED) is 0.679. The highest BCUT2D eigenvalue weighted by atomic mass is 32.2. The lowest BCUT2D eigenvalue weighted by Crippen LogP contribution is -2.33. The normalized spacial score (nSPS) is 18.2. The molecule has 0 bridgehead atoms. The number of nitrogens with zero attached hydrogens (tertiary/aromatic N) is 2. The lowest BCUT2D eigenvalue weighted by molar-refractivity contribution is -0.120. The zero-order valence-corrected chi connectivity index (χ0v) is 14.9. The van der Waals surface area contributed by atoms with E-state index in [2.05, 4.69) is 10.3 Å². The maximum atomic E-state index is 12.7. The van der Waals surface area contributed by atoms with Crippen LogP contribution >= 0.6 is 23.1 Å². The van der Waals surface area contributed by atoms with Crippen LogP contribution in [-0.2, 0) is 24.7 Å². The van der Waals surface area contributed by atoms with Gasteiger partial charge in [0.2, 0.25) is 5.91 Å². The summed E-state index contributed by atoms with van der Waals surface area (Å²) in [5.41, 5.74) is 1.22. The molecule has 5 nitrogen and oxygen atoms in total. The molecule has 1 N–H and O–H groups in total.